The Hall–Kier alpha value is -4.89. The summed E-state index contributed by atoms with van der Waals surface area (Å²) in [5.74, 6) is 2.38. The van der Waals surface area contributed by atoms with Crippen LogP contribution in [0.3, 0.4) is 0 Å². The minimum Gasteiger partial charge on any atom is -0.493 e. The largest absolute Gasteiger partial charge is 0.493 e. The van der Waals surface area contributed by atoms with E-state index in [1.165, 1.54) is 29.0 Å². The number of carbonyl (C=O) groups is 1. The van der Waals surface area contributed by atoms with E-state index >= 15 is 0 Å². The van der Waals surface area contributed by atoms with Crippen LogP contribution < -0.4 is 14.2 Å². The van der Waals surface area contributed by atoms with Crippen molar-refractivity contribution in [3.63, 3.8) is 0 Å². The molecule has 0 aliphatic carbocycles. The first-order chi connectivity index (χ1) is 25.7. The van der Waals surface area contributed by atoms with Crippen molar-refractivity contribution in [3.05, 3.63) is 154 Å². The van der Waals surface area contributed by atoms with Gasteiger partial charge in [0.1, 0.15) is 23.9 Å². The predicted molar refractivity (Wildman–Crippen MR) is 216 cm³/mol. The lowest BCUT2D eigenvalue weighted by atomic mass is 10.0. The third-order valence-corrected chi connectivity index (χ3v) is 9.54. The molecular formula is C44H46Cl2FN3O4. The van der Waals surface area contributed by atoms with Crippen molar-refractivity contribution in [2.24, 2.45) is 0 Å². The van der Waals surface area contributed by atoms with Gasteiger partial charge in [-0.2, -0.15) is 0 Å². The number of halogens is 3. The molecule has 1 saturated heterocycles. The van der Waals surface area contributed by atoms with Crippen LogP contribution in [-0.4, -0.2) is 53.5 Å². The van der Waals surface area contributed by atoms with Crippen LogP contribution in [0, 0.1) is 12.7 Å². The number of pyridine rings is 1. The monoisotopic (exact) mass is 769 g/mol. The summed E-state index contributed by atoms with van der Waals surface area (Å²) in [6.07, 6.45) is 5.76. The van der Waals surface area contributed by atoms with Crippen LogP contribution in [-0.2, 0) is 24.4 Å². The van der Waals surface area contributed by atoms with E-state index in [2.05, 4.69) is 60.1 Å². The first kappa shape index (κ1) is 40.3. The van der Waals surface area contributed by atoms with Gasteiger partial charge in [0, 0.05) is 56.9 Å². The number of piperazine rings is 1. The number of nitrogens with zero attached hydrogens (tertiary/aromatic N) is 3. The molecule has 0 spiro atoms. The summed E-state index contributed by atoms with van der Waals surface area (Å²) >= 11 is 6.61. The van der Waals surface area contributed by atoms with Crippen LogP contribution in [0.15, 0.2) is 109 Å². The fourth-order valence-corrected chi connectivity index (χ4v) is 6.39. The second-order valence-electron chi connectivity index (χ2n) is 13.5. The number of amides is 1. The molecule has 4 aromatic carbocycles. The van der Waals surface area contributed by atoms with Crippen molar-refractivity contribution >= 4 is 36.0 Å². The van der Waals surface area contributed by atoms with Gasteiger partial charge in [0.25, 0.3) is 0 Å². The average Bonchev–Trinajstić information content (AvgIpc) is 3.16. The number of carbonyl (C=O) groups excluding carboxylic acids is 1. The zero-order chi connectivity index (χ0) is 37.2. The maximum Gasteiger partial charge on any atom is 0.246 e. The molecule has 1 aliphatic rings. The lowest BCUT2D eigenvalue weighted by Crippen LogP contribution is -2.47. The van der Waals surface area contributed by atoms with E-state index in [9.17, 15) is 9.18 Å². The van der Waals surface area contributed by atoms with Gasteiger partial charge in [0.05, 0.1) is 17.8 Å². The number of aryl methyl sites for hydroxylation is 1. The number of rotatable bonds is 14. The Morgan fingerprint density at radius 1 is 0.889 bits per heavy atom. The molecule has 1 aliphatic heterocycles. The van der Waals surface area contributed by atoms with Gasteiger partial charge in [0.2, 0.25) is 11.8 Å². The summed E-state index contributed by atoms with van der Waals surface area (Å²) in [4.78, 5) is 21.6. The standard InChI is InChI=1S/C44H45ClFN3O4.ClH/c1-31(2)36-13-15-38(16-14-36)51-25-20-33-8-10-34(11-9-33)29-48-21-23-49(24-22-48)43(50)19-12-35-26-32(3)44(40(45)27-35)53-42-18-17-39(28-47-42)52-30-37-6-4-5-7-41(37)46;/h4-19,26-28,31H,20-25,29-30H2,1-3H3;1H/b19-12+;. The quantitative estimate of drug-likeness (QED) is 0.105. The fourth-order valence-electron chi connectivity index (χ4n) is 6.08. The third-order valence-electron chi connectivity index (χ3n) is 9.26. The molecule has 1 aromatic heterocycles. The Balaban J connectivity index is 0.00000561. The van der Waals surface area contributed by atoms with E-state index in [0.29, 0.717) is 53.6 Å². The lowest BCUT2D eigenvalue weighted by Gasteiger charge is -2.34. The van der Waals surface area contributed by atoms with E-state index in [0.717, 1.165) is 42.9 Å². The SMILES string of the molecule is Cc1cc(/C=C/C(=O)N2CCN(Cc3ccc(CCOc4ccc(C(C)C)cc4)cc3)CC2)cc(Cl)c1Oc1ccc(OCc2ccccc2F)cn1.Cl. The van der Waals surface area contributed by atoms with Gasteiger partial charge in [-0.15, -0.1) is 12.4 Å². The van der Waals surface area contributed by atoms with Crippen LogP contribution >= 0.6 is 24.0 Å². The Bertz CT molecular complexity index is 1970. The molecule has 0 saturated carbocycles. The predicted octanol–water partition coefficient (Wildman–Crippen LogP) is 10.1. The normalized spacial score (nSPS) is 13.2. The molecule has 10 heteroatoms. The first-order valence-electron chi connectivity index (χ1n) is 18.0. The number of benzene rings is 4. The minimum absolute atomic E-state index is 0. The van der Waals surface area contributed by atoms with Gasteiger partial charge in [-0.1, -0.05) is 80.0 Å². The summed E-state index contributed by atoms with van der Waals surface area (Å²) in [6.45, 7) is 10.8. The molecule has 0 bridgehead atoms. The van der Waals surface area contributed by atoms with Crippen LogP contribution in [0.4, 0.5) is 4.39 Å². The molecule has 2 heterocycles. The molecule has 0 unspecified atom stereocenters. The molecule has 0 radical (unpaired) electrons. The Morgan fingerprint density at radius 3 is 2.26 bits per heavy atom. The summed E-state index contributed by atoms with van der Waals surface area (Å²) in [5.41, 5.74) is 5.89. The van der Waals surface area contributed by atoms with Gasteiger partial charge in [0.15, 0.2) is 5.75 Å². The molecule has 1 fully saturated rings. The Morgan fingerprint density at radius 2 is 1.59 bits per heavy atom. The Labute approximate surface area is 328 Å². The summed E-state index contributed by atoms with van der Waals surface area (Å²) in [7, 11) is 0. The van der Waals surface area contributed by atoms with E-state index in [1.54, 1.807) is 48.6 Å². The summed E-state index contributed by atoms with van der Waals surface area (Å²) in [5, 5.41) is 0.404. The van der Waals surface area contributed by atoms with Gasteiger partial charge in [-0.25, -0.2) is 9.37 Å². The second-order valence-corrected chi connectivity index (χ2v) is 13.9. The van der Waals surface area contributed by atoms with Crippen molar-refractivity contribution in [2.75, 3.05) is 32.8 Å². The van der Waals surface area contributed by atoms with Gasteiger partial charge >= 0.3 is 0 Å². The maximum absolute atomic E-state index is 13.9. The van der Waals surface area contributed by atoms with Crippen molar-refractivity contribution in [2.45, 2.75) is 46.3 Å². The van der Waals surface area contributed by atoms with Crippen LogP contribution in [0.1, 0.15) is 53.1 Å². The number of aromatic nitrogens is 1. The van der Waals surface area contributed by atoms with E-state index < -0.39 is 0 Å². The molecule has 5 aromatic rings. The topological polar surface area (TPSA) is 64.1 Å². The molecule has 0 atom stereocenters. The second kappa shape index (κ2) is 19.4. The Kier molecular flexibility index (Phi) is 14.5. The van der Waals surface area contributed by atoms with Crippen molar-refractivity contribution in [3.8, 4) is 23.1 Å². The van der Waals surface area contributed by atoms with E-state index in [1.807, 2.05) is 30.0 Å². The summed E-state index contributed by atoms with van der Waals surface area (Å²) < 4.78 is 31.5. The fraction of sp³-hybridized carbons (Fsp3) is 0.273. The molecule has 7 nitrogen and oxygen atoms in total. The highest BCUT2D eigenvalue weighted by Crippen LogP contribution is 2.34. The van der Waals surface area contributed by atoms with Crippen LogP contribution in [0.2, 0.25) is 5.02 Å². The van der Waals surface area contributed by atoms with Crippen molar-refractivity contribution in [1.82, 2.24) is 14.8 Å². The minimum atomic E-state index is -0.317. The third kappa shape index (κ3) is 11.3. The molecule has 54 heavy (non-hydrogen) atoms. The number of hydrogen-bond acceptors (Lipinski definition) is 6. The zero-order valence-electron chi connectivity index (χ0n) is 30.8. The van der Waals surface area contributed by atoms with Crippen molar-refractivity contribution < 1.29 is 23.4 Å². The number of hydrogen-bond donors (Lipinski definition) is 0. The smallest absolute Gasteiger partial charge is 0.246 e. The molecule has 0 N–H and O–H groups in total. The van der Waals surface area contributed by atoms with E-state index in [4.69, 9.17) is 25.8 Å². The maximum atomic E-state index is 13.9. The van der Waals surface area contributed by atoms with Crippen LogP contribution in [0.25, 0.3) is 6.08 Å². The molecule has 1 amide bonds. The van der Waals surface area contributed by atoms with Gasteiger partial charge in [-0.3, -0.25) is 9.69 Å². The molecule has 6 rings (SSSR count). The van der Waals surface area contributed by atoms with Crippen LogP contribution in [0.5, 0.6) is 23.1 Å². The molecular weight excluding hydrogens is 724 g/mol. The lowest BCUT2D eigenvalue weighted by molar-refractivity contribution is -0.127. The van der Waals surface area contributed by atoms with Crippen molar-refractivity contribution in [1.29, 1.82) is 0 Å². The highest BCUT2D eigenvalue weighted by Gasteiger charge is 2.20. The highest BCUT2D eigenvalue weighted by molar-refractivity contribution is 6.32. The first-order valence-corrected chi connectivity index (χ1v) is 18.4. The number of ether oxygens (including phenoxy) is 3. The van der Waals surface area contributed by atoms with E-state index in [-0.39, 0.29) is 30.7 Å². The zero-order valence-corrected chi connectivity index (χ0v) is 32.4. The highest BCUT2D eigenvalue weighted by atomic mass is 35.5. The van der Waals surface area contributed by atoms with Gasteiger partial charge in [-0.05, 0) is 83.1 Å². The van der Waals surface area contributed by atoms with Gasteiger partial charge < -0.3 is 19.1 Å². The molecule has 282 valence electrons. The summed E-state index contributed by atoms with van der Waals surface area (Å²) in [6, 6.07) is 30.6. The average molecular weight is 771 g/mol.